The highest BCUT2D eigenvalue weighted by Crippen LogP contribution is 2.14. The predicted octanol–water partition coefficient (Wildman–Crippen LogP) is 6.03. The molecule has 3 aromatic rings. The zero-order chi connectivity index (χ0) is 26.3. The first kappa shape index (κ1) is 28.5. The van der Waals surface area contributed by atoms with Crippen molar-refractivity contribution in [1.29, 1.82) is 0 Å². The molecule has 196 valence electrons. The number of ketones is 1. The van der Waals surface area contributed by atoms with Crippen molar-refractivity contribution in [3.8, 4) is 0 Å². The second-order valence-electron chi connectivity index (χ2n) is 9.63. The fourth-order valence-electron chi connectivity index (χ4n) is 4.07. The standard InChI is InChI=1S/C31H38N2O3S/c1-24(2)18-28(33-31(35)36-21-26-14-8-4-9-15-26)20-32-29(19-25-12-6-3-7-13-25)30(34)23-37-22-27-16-10-5-11-17-27/h3-17,24,28-29,32H,18-23H2,1-2H3,(H,33,35). The molecule has 37 heavy (non-hydrogen) atoms. The summed E-state index contributed by atoms with van der Waals surface area (Å²) >= 11 is 1.63. The third-order valence-corrected chi connectivity index (χ3v) is 6.95. The number of hydrogen-bond donors (Lipinski definition) is 2. The second kappa shape index (κ2) is 15.9. The van der Waals surface area contributed by atoms with Crippen molar-refractivity contribution in [1.82, 2.24) is 10.6 Å². The Morgan fingerprint density at radius 1 is 0.811 bits per heavy atom. The van der Waals surface area contributed by atoms with E-state index in [0.29, 0.717) is 24.6 Å². The summed E-state index contributed by atoms with van der Waals surface area (Å²) in [6.07, 6.45) is 0.946. The zero-order valence-corrected chi connectivity index (χ0v) is 22.6. The molecule has 0 heterocycles. The number of alkyl carbamates (subject to hydrolysis) is 1. The molecule has 3 rings (SSSR count). The van der Waals surface area contributed by atoms with E-state index in [1.54, 1.807) is 11.8 Å². The maximum absolute atomic E-state index is 13.3. The summed E-state index contributed by atoms with van der Waals surface area (Å²) in [6, 6.07) is 29.4. The molecule has 2 unspecified atom stereocenters. The molecule has 0 saturated carbocycles. The minimum Gasteiger partial charge on any atom is -0.445 e. The summed E-state index contributed by atoms with van der Waals surface area (Å²) in [5.41, 5.74) is 3.26. The number of Topliss-reactive ketones (excluding diaryl/α,β-unsaturated/α-hetero) is 1. The predicted molar refractivity (Wildman–Crippen MR) is 153 cm³/mol. The Hall–Kier alpha value is -3.09. The molecule has 0 bridgehead atoms. The van der Waals surface area contributed by atoms with E-state index >= 15 is 0 Å². The van der Waals surface area contributed by atoms with Crippen LogP contribution >= 0.6 is 11.8 Å². The van der Waals surface area contributed by atoms with E-state index in [4.69, 9.17) is 4.74 Å². The summed E-state index contributed by atoms with van der Waals surface area (Å²) < 4.78 is 5.44. The number of nitrogens with one attached hydrogen (secondary N) is 2. The van der Waals surface area contributed by atoms with Gasteiger partial charge in [0.25, 0.3) is 0 Å². The van der Waals surface area contributed by atoms with E-state index in [2.05, 4.69) is 36.6 Å². The highest BCUT2D eigenvalue weighted by atomic mass is 32.2. The van der Waals surface area contributed by atoms with Crippen molar-refractivity contribution < 1.29 is 14.3 Å². The molecule has 3 aromatic carbocycles. The van der Waals surface area contributed by atoms with Crippen LogP contribution in [0, 0.1) is 5.92 Å². The van der Waals surface area contributed by atoms with Gasteiger partial charge in [-0.3, -0.25) is 4.79 Å². The number of amides is 1. The van der Waals surface area contributed by atoms with Crippen LogP contribution in [-0.4, -0.2) is 36.3 Å². The van der Waals surface area contributed by atoms with Gasteiger partial charge in [-0.25, -0.2) is 4.79 Å². The lowest BCUT2D eigenvalue weighted by Crippen LogP contribution is -2.48. The molecule has 2 N–H and O–H groups in total. The van der Waals surface area contributed by atoms with Crippen LogP contribution in [0.2, 0.25) is 0 Å². The van der Waals surface area contributed by atoms with Gasteiger partial charge < -0.3 is 15.4 Å². The average Bonchev–Trinajstić information content (AvgIpc) is 2.91. The molecule has 2 atom stereocenters. The summed E-state index contributed by atoms with van der Waals surface area (Å²) in [7, 11) is 0. The van der Waals surface area contributed by atoms with Gasteiger partial charge in [0, 0.05) is 18.3 Å². The van der Waals surface area contributed by atoms with Gasteiger partial charge in [-0.05, 0) is 35.4 Å². The molecule has 0 aliphatic rings. The molecule has 0 saturated heterocycles. The van der Waals surface area contributed by atoms with Crippen LogP contribution in [0.1, 0.15) is 37.0 Å². The topological polar surface area (TPSA) is 67.4 Å². The highest BCUT2D eigenvalue weighted by molar-refractivity contribution is 7.99. The number of thioether (sulfide) groups is 1. The molecule has 0 aliphatic carbocycles. The maximum atomic E-state index is 13.3. The van der Waals surface area contributed by atoms with Crippen LogP contribution in [0.25, 0.3) is 0 Å². The van der Waals surface area contributed by atoms with Gasteiger partial charge in [0.15, 0.2) is 5.78 Å². The Bertz CT molecular complexity index is 1060. The normalized spacial score (nSPS) is 12.6. The first-order valence-electron chi connectivity index (χ1n) is 12.9. The smallest absolute Gasteiger partial charge is 0.407 e. The number of ether oxygens (including phenoxy) is 1. The highest BCUT2D eigenvalue weighted by Gasteiger charge is 2.22. The Morgan fingerprint density at radius 2 is 1.38 bits per heavy atom. The Morgan fingerprint density at radius 3 is 1.97 bits per heavy atom. The minimum atomic E-state index is -0.444. The molecule has 1 amide bonds. The first-order chi connectivity index (χ1) is 18.0. The summed E-state index contributed by atoms with van der Waals surface area (Å²) in [5, 5.41) is 6.47. The quantitative estimate of drug-likeness (QED) is 0.257. The average molecular weight is 519 g/mol. The Balaban J connectivity index is 1.57. The lowest BCUT2D eigenvalue weighted by atomic mass is 10.0. The molecular formula is C31H38N2O3S. The molecular weight excluding hydrogens is 480 g/mol. The fourth-order valence-corrected chi connectivity index (χ4v) is 5.00. The van der Waals surface area contributed by atoms with E-state index in [-0.39, 0.29) is 24.5 Å². The molecule has 0 aliphatic heterocycles. The van der Waals surface area contributed by atoms with Crippen molar-refractivity contribution in [2.45, 2.75) is 51.1 Å². The number of carbonyl (C=O) groups excluding carboxylic acids is 2. The largest absolute Gasteiger partial charge is 0.445 e. The van der Waals surface area contributed by atoms with E-state index in [1.807, 2.05) is 78.9 Å². The van der Waals surface area contributed by atoms with E-state index < -0.39 is 6.09 Å². The third-order valence-electron chi connectivity index (χ3n) is 5.93. The third kappa shape index (κ3) is 11.2. The molecule has 6 heteroatoms. The van der Waals surface area contributed by atoms with Crippen molar-refractivity contribution in [2.24, 2.45) is 5.92 Å². The van der Waals surface area contributed by atoms with Gasteiger partial charge in [0.1, 0.15) is 6.61 Å². The Labute approximate surface area is 225 Å². The van der Waals surface area contributed by atoms with Crippen molar-refractivity contribution >= 4 is 23.6 Å². The van der Waals surface area contributed by atoms with Crippen LogP contribution in [-0.2, 0) is 28.3 Å². The van der Waals surface area contributed by atoms with Gasteiger partial charge in [-0.2, -0.15) is 0 Å². The second-order valence-corrected chi connectivity index (χ2v) is 10.6. The van der Waals surface area contributed by atoms with Crippen LogP contribution in [0.15, 0.2) is 91.0 Å². The molecule has 5 nitrogen and oxygen atoms in total. The van der Waals surface area contributed by atoms with Crippen LogP contribution in [0.3, 0.4) is 0 Å². The van der Waals surface area contributed by atoms with Gasteiger partial charge in [-0.15, -0.1) is 11.8 Å². The van der Waals surface area contributed by atoms with Gasteiger partial charge in [-0.1, -0.05) is 105 Å². The number of hydrogen-bond acceptors (Lipinski definition) is 5. The Kier molecular flexibility index (Phi) is 12.2. The molecule has 0 aromatic heterocycles. The maximum Gasteiger partial charge on any atom is 0.407 e. The van der Waals surface area contributed by atoms with E-state index in [0.717, 1.165) is 23.3 Å². The van der Waals surface area contributed by atoms with E-state index in [9.17, 15) is 9.59 Å². The lowest BCUT2D eigenvalue weighted by Gasteiger charge is -2.24. The van der Waals surface area contributed by atoms with Crippen molar-refractivity contribution in [2.75, 3.05) is 12.3 Å². The molecule has 0 spiro atoms. The summed E-state index contributed by atoms with van der Waals surface area (Å²) in [5.74, 6) is 1.78. The number of carbonyl (C=O) groups is 2. The van der Waals surface area contributed by atoms with Crippen LogP contribution in [0.4, 0.5) is 4.79 Å². The van der Waals surface area contributed by atoms with Crippen LogP contribution < -0.4 is 10.6 Å². The SMILES string of the molecule is CC(C)CC(CNC(Cc1ccccc1)C(=O)CSCc1ccccc1)NC(=O)OCc1ccccc1. The summed E-state index contributed by atoms with van der Waals surface area (Å²) in [6.45, 7) is 4.96. The first-order valence-corrected chi connectivity index (χ1v) is 14.0. The van der Waals surface area contributed by atoms with Crippen molar-refractivity contribution in [3.63, 3.8) is 0 Å². The number of rotatable bonds is 15. The summed E-state index contributed by atoms with van der Waals surface area (Å²) in [4.78, 5) is 25.8. The van der Waals surface area contributed by atoms with Gasteiger partial charge in [0.2, 0.25) is 0 Å². The molecule has 0 radical (unpaired) electrons. The van der Waals surface area contributed by atoms with Crippen molar-refractivity contribution in [3.05, 3.63) is 108 Å². The van der Waals surface area contributed by atoms with Gasteiger partial charge >= 0.3 is 6.09 Å². The fraction of sp³-hybridized carbons (Fsp3) is 0.355. The molecule has 0 fully saturated rings. The van der Waals surface area contributed by atoms with Crippen LogP contribution in [0.5, 0.6) is 0 Å². The lowest BCUT2D eigenvalue weighted by molar-refractivity contribution is -0.118. The minimum absolute atomic E-state index is 0.147. The van der Waals surface area contributed by atoms with Gasteiger partial charge in [0.05, 0.1) is 11.8 Å². The number of benzene rings is 3. The van der Waals surface area contributed by atoms with E-state index in [1.165, 1.54) is 5.56 Å². The monoisotopic (exact) mass is 518 g/mol. The zero-order valence-electron chi connectivity index (χ0n) is 21.8.